The topological polar surface area (TPSA) is 64.1 Å². The van der Waals surface area contributed by atoms with Gasteiger partial charge in [-0.1, -0.05) is 12.1 Å². The van der Waals surface area contributed by atoms with Crippen LogP contribution in [0.25, 0.3) is 0 Å². The summed E-state index contributed by atoms with van der Waals surface area (Å²) in [5.74, 6) is -0.833. The lowest BCUT2D eigenvalue weighted by atomic mass is 10.2. The summed E-state index contributed by atoms with van der Waals surface area (Å²) in [5.41, 5.74) is 1.94. The van der Waals surface area contributed by atoms with Gasteiger partial charge < -0.3 is 14.9 Å². The number of aliphatic carboxylic acids is 1. The van der Waals surface area contributed by atoms with Crippen LogP contribution >= 0.6 is 0 Å². The van der Waals surface area contributed by atoms with E-state index in [4.69, 9.17) is 5.11 Å². The highest BCUT2D eigenvalue weighted by molar-refractivity contribution is 5.96. The predicted octanol–water partition coefficient (Wildman–Crippen LogP) is 1.86. The molecule has 6 heteroatoms. The summed E-state index contributed by atoms with van der Waals surface area (Å²) in [6.07, 6.45) is 0.546. The molecule has 1 heterocycles. The van der Waals surface area contributed by atoms with Gasteiger partial charge in [-0.15, -0.1) is 0 Å². The average molecular weight is 291 g/mol. The molecule has 0 spiro atoms. The lowest BCUT2D eigenvalue weighted by molar-refractivity contribution is -0.137. The van der Waals surface area contributed by atoms with Crippen LogP contribution in [0.4, 0.5) is 16.2 Å². The Bertz CT molecular complexity index is 533. The van der Waals surface area contributed by atoms with Crippen molar-refractivity contribution in [2.24, 2.45) is 0 Å². The van der Waals surface area contributed by atoms with E-state index in [0.717, 1.165) is 17.9 Å². The first kappa shape index (κ1) is 15.2. The third-order valence-corrected chi connectivity index (χ3v) is 3.68. The van der Waals surface area contributed by atoms with Crippen LogP contribution < -0.4 is 9.80 Å². The van der Waals surface area contributed by atoms with Gasteiger partial charge in [0.1, 0.15) is 0 Å². The molecule has 1 aliphatic heterocycles. The van der Waals surface area contributed by atoms with Crippen molar-refractivity contribution in [1.82, 2.24) is 4.90 Å². The van der Waals surface area contributed by atoms with Crippen LogP contribution in [0.5, 0.6) is 0 Å². The Labute approximate surface area is 124 Å². The molecule has 1 aliphatic rings. The number of hydrogen-bond acceptors (Lipinski definition) is 3. The highest BCUT2D eigenvalue weighted by Gasteiger charge is 2.26. The minimum Gasteiger partial charge on any atom is -0.481 e. The standard InChI is InChI=1S/C15H21N3O3/c1-16-10-11-18(13-7-4-3-6-12(13)16)15(21)17(2)9-5-8-14(19)20/h3-4,6-7H,5,8-11H2,1-2H3,(H,19,20). The van der Waals surface area contributed by atoms with Gasteiger partial charge in [0.15, 0.2) is 0 Å². The summed E-state index contributed by atoms with van der Waals surface area (Å²) in [6.45, 7) is 1.86. The van der Waals surface area contributed by atoms with Crippen molar-refractivity contribution < 1.29 is 14.7 Å². The second-order valence-electron chi connectivity index (χ2n) is 5.26. The zero-order valence-electron chi connectivity index (χ0n) is 12.5. The van der Waals surface area contributed by atoms with Crippen molar-refractivity contribution in [3.8, 4) is 0 Å². The van der Waals surface area contributed by atoms with Gasteiger partial charge in [0, 0.05) is 40.2 Å². The second kappa shape index (κ2) is 6.47. The van der Waals surface area contributed by atoms with E-state index in [1.54, 1.807) is 16.8 Å². The van der Waals surface area contributed by atoms with Gasteiger partial charge in [-0.2, -0.15) is 0 Å². The normalized spacial score (nSPS) is 13.8. The predicted molar refractivity (Wildman–Crippen MR) is 82.0 cm³/mol. The maximum absolute atomic E-state index is 12.5. The molecule has 0 saturated carbocycles. The largest absolute Gasteiger partial charge is 0.481 e. The third-order valence-electron chi connectivity index (χ3n) is 3.68. The van der Waals surface area contributed by atoms with E-state index in [1.807, 2.05) is 31.3 Å². The molecule has 0 atom stereocenters. The molecule has 0 bridgehead atoms. The number of likely N-dealkylation sites (N-methyl/N-ethyl adjacent to an activating group) is 1. The van der Waals surface area contributed by atoms with Crippen molar-refractivity contribution in [2.45, 2.75) is 12.8 Å². The number of para-hydroxylation sites is 2. The minimum atomic E-state index is -0.833. The van der Waals surface area contributed by atoms with Gasteiger partial charge in [0.05, 0.1) is 11.4 Å². The summed E-state index contributed by atoms with van der Waals surface area (Å²) in [5, 5.41) is 8.65. The average Bonchev–Trinajstić information content (AvgIpc) is 2.47. The molecule has 6 nitrogen and oxygen atoms in total. The first-order valence-electron chi connectivity index (χ1n) is 7.05. The number of carbonyl (C=O) groups excluding carboxylic acids is 1. The number of carbonyl (C=O) groups is 2. The number of anilines is 2. The van der Waals surface area contributed by atoms with Gasteiger partial charge in [-0.3, -0.25) is 9.69 Å². The molecule has 0 saturated heterocycles. The summed E-state index contributed by atoms with van der Waals surface area (Å²) in [4.78, 5) is 28.5. The minimum absolute atomic E-state index is 0.0803. The van der Waals surface area contributed by atoms with E-state index in [1.165, 1.54) is 0 Å². The smallest absolute Gasteiger partial charge is 0.324 e. The monoisotopic (exact) mass is 291 g/mol. The van der Waals surface area contributed by atoms with Crippen molar-refractivity contribution >= 4 is 23.4 Å². The van der Waals surface area contributed by atoms with Crippen molar-refractivity contribution in [2.75, 3.05) is 43.5 Å². The number of carboxylic acid groups (broad SMARTS) is 1. The van der Waals surface area contributed by atoms with Crippen LogP contribution in [0.15, 0.2) is 24.3 Å². The Morgan fingerprint density at radius 2 is 1.90 bits per heavy atom. The van der Waals surface area contributed by atoms with Gasteiger partial charge in [-0.05, 0) is 18.6 Å². The number of hydrogen-bond donors (Lipinski definition) is 1. The second-order valence-corrected chi connectivity index (χ2v) is 5.26. The molecule has 2 amide bonds. The number of nitrogens with zero attached hydrogens (tertiary/aromatic N) is 3. The number of carboxylic acids is 1. The van der Waals surface area contributed by atoms with E-state index < -0.39 is 5.97 Å². The van der Waals surface area contributed by atoms with Crippen LogP contribution in [-0.2, 0) is 4.79 Å². The van der Waals surface area contributed by atoms with E-state index in [9.17, 15) is 9.59 Å². The van der Waals surface area contributed by atoms with Crippen LogP contribution in [-0.4, -0.2) is 55.7 Å². The lowest BCUT2D eigenvalue weighted by Crippen LogP contribution is -2.48. The van der Waals surface area contributed by atoms with E-state index in [0.29, 0.717) is 19.5 Å². The highest BCUT2D eigenvalue weighted by atomic mass is 16.4. The van der Waals surface area contributed by atoms with Gasteiger partial charge >= 0.3 is 12.0 Å². The Balaban J connectivity index is 2.06. The summed E-state index contributed by atoms with van der Waals surface area (Å²) >= 11 is 0. The van der Waals surface area contributed by atoms with E-state index >= 15 is 0 Å². The Morgan fingerprint density at radius 3 is 2.57 bits per heavy atom. The molecular formula is C15H21N3O3. The molecule has 0 aromatic heterocycles. The first-order chi connectivity index (χ1) is 10.0. The summed E-state index contributed by atoms with van der Waals surface area (Å²) < 4.78 is 0. The van der Waals surface area contributed by atoms with Crippen molar-refractivity contribution in [3.05, 3.63) is 24.3 Å². The fraction of sp³-hybridized carbons (Fsp3) is 0.467. The van der Waals surface area contributed by atoms with Gasteiger partial charge in [0.25, 0.3) is 0 Å². The Morgan fingerprint density at radius 1 is 1.24 bits per heavy atom. The maximum atomic E-state index is 12.5. The summed E-state index contributed by atoms with van der Waals surface area (Å²) in [7, 11) is 3.72. The zero-order chi connectivity index (χ0) is 15.4. The Hall–Kier alpha value is -2.24. The molecular weight excluding hydrogens is 270 g/mol. The number of rotatable bonds is 4. The fourth-order valence-electron chi connectivity index (χ4n) is 2.47. The van der Waals surface area contributed by atoms with Gasteiger partial charge in [0.2, 0.25) is 0 Å². The van der Waals surface area contributed by atoms with Gasteiger partial charge in [-0.25, -0.2) is 4.79 Å². The number of urea groups is 1. The first-order valence-corrected chi connectivity index (χ1v) is 7.05. The number of benzene rings is 1. The fourth-order valence-corrected chi connectivity index (χ4v) is 2.47. The molecule has 2 rings (SSSR count). The van der Waals surface area contributed by atoms with Crippen LogP contribution in [0.2, 0.25) is 0 Å². The molecule has 0 radical (unpaired) electrons. The van der Waals surface area contributed by atoms with Crippen molar-refractivity contribution in [3.63, 3.8) is 0 Å². The molecule has 1 aromatic rings. The maximum Gasteiger partial charge on any atom is 0.324 e. The zero-order valence-corrected chi connectivity index (χ0v) is 12.5. The van der Waals surface area contributed by atoms with E-state index in [-0.39, 0.29) is 12.5 Å². The molecule has 114 valence electrons. The molecule has 0 aliphatic carbocycles. The molecule has 1 N–H and O–H groups in total. The van der Waals surface area contributed by atoms with Crippen LogP contribution in [0.3, 0.4) is 0 Å². The molecule has 0 unspecified atom stereocenters. The van der Waals surface area contributed by atoms with Crippen LogP contribution in [0.1, 0.15) is 12.8 Å². The van der Waals surface area contributed by atoms with Crippen LogP contribution in [0, 0.1) is 0 Å². The highest BCUT2D eigenvalue weighted by Crippen LogP contribution is 2.32. The quantitative estimate of drug-likeness (QED) is 0.919. The molecule has 21 heavy (non-hydrogen) atoms. The number of fused-ring (bicyclic) bond motifs is 1. The third kappa shape index (κ3) is 3.45. The van der Waals surface area contributed by atoms with Crippen molar-refractivity contribution in [1.29, 1.82) is 0 Å². The number of amides is 2. The lowest BCUT2D eigenvalue weighted by Gasteiger charge is -2.37. The SMILES string of the molecule is CN(CCCC(=O)O)C(=O)N1CCN(C)c2ccccc21. The Kier molecular flexibility index (Phi) is 4.67. The van der Waals surface area contributed by atoms with E-state index in [2.05, 4.69) is 4.90 Å². The molecule has 1 aromatic carbocycles. The molecule has 0 fully saturated rings. The summed E-state index contributed by atoms with van der Waals surface area (Å²) in [6, 6.07) is 7.73.